The topological polar surface area (TPSA) is 37.9 Å². The molecule has 16 heavy (non-hydrogen) atoms. The fourth-order valence-corrected chi connectivity index (χ4v) is 1.53. The van der Waals surface area contributed by atoms with Gasteiger partial charge in [0.25, 0.3) is 0 Å². The molecule has 0 atom stereocenters. The Bertz CT molecular complexity index is 494. The number of ether oxygens (including phenoxy) is 1. The van der Waals surface area contributed by atoms with Crippen molar-refractivity contribution in [2.75, 3.05) is 0 Å². The zero-order chi connectivity index (χ0) is 11.8. The van der Waals surface area contributed by atoms with Crippen LogP contribution < -0.4 is 0 Å². The van der Waals surface area contributed by atoms with Gasteiger partial charge >= 0.3 is 0 Å². The maximum absolute atomic E-state index is 5.68. The Hall–Kier alpha value is -1.35. The summed E-state index contributed by atoms with van der Waals surface area (Å²) in [5, 5.41) is 0. The molecule has 86 valence electrons. The standard InChI is InChI=1S/C13H18N2O/c1-9-5-6-10-11(7-9)15-12(14-10)8-16-13(2,3)4/h5-7H,8H2,1-4H3,(H,14,15). The van der Waals surface area contributed by atoms with Crippen molar-refractivity contribution < 1.29 is 4.74 Å². The largest absolute Gasteiger partial charge is 0.368 e. The van der Waals surface area contributed by atoms with E-state index in [-0.39, 0.29) is 5.60 Å². The van der Waals surface area contributed by atoms with Crippen molar-refractivity contribution in [3.8, 4) is 0 Å². The van der Waals surface area contributed by atoms with Gasteiger partial charge in [-0.1, -0.05) is 6.07 Å². The average molecular weight is 218 g/mol. The Balaban J connectivity index is 2.20. The van der Waals surface area contributed by atoms with Crippen LogP contribution in [0.25, 0.3) is 11.0 Å². The van der Waals surface area contributed by atoms with Crippen LogP contribution in [0.3, 0.4) is 0 Å². The first-order valence-corrected chi connectivity index (χ1v) is 5.53. The van der Waals surface area contributed by atoms with Crippen molar-refractivity contribution in [2.24, 2.45) is 0 Å². The van der Waals surface area contributed by atoms with Gasteiger partial charge in [-0.25, -0.2) is 4.98 Å². The Kier molecular flexibility index (Phi) is 2.72. The van der Waals surface area contributed by atoms with Crippen LogP contribution >= 0.6 is 0 Å². The summed E-state index contributed by atoms with van der Waals surface area (Å²) < 4.78 is 5.68. The zero-order valence-corrected chi connectivity index (χ0v) is 10.3. The summed E-state index contributed by atoms with van der Waals surface area (Å²) in [6.07, 6.45) is 0. The number of aryl methyl sites for hydroxylation is 1. The van der Waals surface area contributed by atoms with Crippen LogP contribution in [0.1, 0.15) is 32.2 Å². The second kappa shape index (κ2) is 3.91. The second-order valence-corrected chi connectivity index (χ2v) is 5.11. The molecular weight excluding hydrogens is 200 g/mol. The number of imidazole rings is 1. The highest BCUT2D eigenvalue weighted by Crippen LogP contribution is 2.15. The number of rotatable bonds is 2. The van der Waals surface area contributed by atoms with E-state index in [2.05, 4.69) is 29.0 Å². The summed E-state index contributed by atoms with van der Waals surface area (Å²) in [4.78, 5) is 7.75. The van der Waals surface area contributed by atoms with Crippen LogP contribution in [-0.4, -0.2) is 15.6 Å². The number of fused-ring (bicyclic) bond motifs is 1. The number of benzene rings is 1. The summed E-state index contributed by atoms with van der Waals surface area (Å²) in [5.74, 6) is 0.885. The molecule has 2 aromatic rings. The molecule has 0 aliphatic carbocycles. The molecule has 0 fully saturated rings. The van der Waals surface area contributed by atoms with Gasteiger partial charge in [0.05, 0.1) is 16.6 Å². The lowest BCUT2D eigenvalue weighted by Gasteiger charge is -2.18. The van der Waals surface area contributed by atoms with Crippen LogP contribution in [0.5, 0.6) is 0 Å². The van der Waals surface area contributed by atoms with Crippen LogP contribution in [-0.2, 0) is 11.3 Å². The number of H-pyrrole nitrogens is 1. The molecule has 3 nitrogen and oxygen atoms in total. The van der Waals surface area contributed by atoms with Crippen LogP contribution in [0.2, 0.25) is 0 Å². The van der Waals surface area contributed by atoms with E-state index in [0.29, 0.717) is 6.61 Å². The van der Waals surface area contributed by atoms with Crippen molar-refractivity contribution >= 4 is 11.0 Å². The Morgan fingerprint density at radius 1 is 1.31 bits per heavy atom. The highest BCUT2D eigenvalue weighted by Gasteiger charge is 2.11. The fourth-order valence-electron chi connectivity index (χ4n) is 1.53. The molecule has 3 heteroatoms. The third-order valence-electron chi connectivity index (χ3n) is 2.33. The number of nitrogens with zero attached hydrogens (tertiary/aromatic N) is 1. The molecule has 0 saturated heterocycles. The number of hydrogen-bond acceptors (Lipinski definition) is 2. The number of hydrogen-bond donors (Lipinski definition) is 1. The molecule has 0 bridgehead atoms. The summed E-state index contributed by atoms with van der Waals surface area (Å²) in [6.45, 7) is 8.72. The van der Waals surface area contributed by atoms with Gasteiger partial charge in [-0.3, -0.25) is 0 Å². The molecule has 0 spiro atoms. The van der Waals surface area contributed by atoms with Gasteiger partial charge in [-0.15, -0.1) is 0 Å². The maximum Gasteiger partial charge on any atom is 0.133 e. The summed E-state index contributed by atoms with van der Waals surface area (Å²) in [6, 6.07) is 6.20. The molecule has 1 heterocycles. The zero-order valence-electron chi connectivity index (χ0n) is 10.3. The number of nitrogens with one attached hydrogen (secondary N) is 1. The normalized spacial score (nSPS) is 12.2. The fraction of sp³-hybridized carbons (Fsp3) is 0.462. The Labute approximate surface area is 95.8 Å². The van der Waals surface area contributed by atoms with Gasteiger partial charge in [0.1, 0.15) is 12.4 Å². The van der Waals surface area contributed by atoms with E-state index in [9.17, 15) is 0 Å². The first-order chi connectivity index (χ1) is 7.44. The monoisotopic (exact) mass is 218 g/mol. The van der Waals surface area contributed by atoms with E-state index in [0.717, 1.165) is 16.9 Å². The lowest BCUT2D eigenvalue weighted by molar-refractivity contribution is -0.0177. The molecule has 1 aromatic heterocycles. The summed E-state index contributed by atoms with van der Waals surface area (Å²) >= 11 is 0. The second-order valence-electron chi connectivity index (χ2n) is 5.11. The van der Waals surface area contributed by atoms with Gasteiger partial charge < -0.3 is 9.72 Å². The van der Waals surface area contributed by atoms with Gasteiger partial charge in [0.15, 0.2) is 0 Å². The number of aromatic amines is 1. The predicted octanol–water partition coefficient (Wildman–Crippen LogP) is 3.19. The molecule has 0 saturated carbocycles. The predicted molar refractivity (Wildman–Crippen MR) is 65.4 cm³/mol. The first-order valence-electron chi connectivity index (χ1n) is 5.53. The molecule has 0 aliphatic heterocycles. The van der Waals surface area contributed by atoms with Crippen LogP contribution in [0.4, 0.5) is 0 Å². The van der Waals surface area contributed by atoms with Gasteiger partial charge in [0, 0.05) is 0 Å². The third-order valence-corrected chi connectivity index (χ3v) is 2.33. The molecule has 2 rings (SSSR count). The SMILES string of the molecule is Cc1ccc2nc(COC(C)(C)C)[nH]c2c1. The smallest absolute Gasteiger partial charge is 0.133 e. The molecule has 0 unspecified atom stereocenters. The van der Waals surface area contributed by atoms with Crippen molar-refractivity contribution in [3.05, 3.63) is 29.6 Å². The molecule has 0 radical (unpaired) electrons. The summed E-state index contributed by atoms with van der Waals surface area (Å²) in [7, 11) is 0. The van der Waals surface area contributed by atoms with E-state index in [1.54, 1.807) is 0 Å². The minimum Gasteiger partial charge on any atom is -0.368 e. The van der Waals surface area contributed by atoms with E-state index >= 15 is 0 Å². The highest BCUT2D eigenvalue weighted by molar-refractivity contribution is 5.75. The van der Waals surface area contributed by atoms with Crippen molar-refractivity contribution in [1.29, 1.82) is 0 Å². The van der Waals surface area contributed by atoms with Crippen LogP contribution in [0, 0.1) is 6.92 Å². The van der Waals surface area contributed by atoms with E-state index in [1.807, 2.05) is 26.8 Å². The minimum atomic E-state index is -0.130. The number of aromatic nitrogens is 2. The summed E-state index contributed by atoms with van der Waals surface area (Å²) in [5.41, 5.74) is 3.18. The average Bonchev–Trinajstić information content (AvgIpc) is 2.55. The van der Waals surface area contributed by atoms with E-state index < -0.39 is 0 Å². The Morgan fingerprint density at radius 3 is 2.75 bits per heavy atom. The molecule has 0 amide bonds. The van der Waals surface area contributed by atoms with E-state index in [4.69, 9.17) is 4.74 Å². The molecule has 1 N–H and O–H groups in total. The quantitative estimate of drug-likeness (QED) is 0.840. The van der Waals surface area contributed by atoms with E-state index in [1.165, 1.54) is 5.56 Å². The van der Waals surface area contributed by atoms with Crippen molar-refractivity contribution in [2.45, 2.75) is 39.9 Å². The van der Waals surface area contributed by atoms with Crippen molar-refractivity contribution in [3.63, 3.8) is 0 Å². The lowest BCUT2D eigenvalue weighted by atomic mass is 10.2. The highest BCUT2D eigenvalue weighted by atomic mass is 16.5. The van der Waals surface area contributed by atoms with Crippen molar-refractivity contribution in [1.82, 2.24) is 9.97 Å². The van der Waals surface area contributed by atoms with Gasteiger partial charge in [-0.05, 0) is 45.4 Å². The minimum absolute atomic E-state index is 0.130. The lowest BCUT2D eigenvalue weighted by Crippen LogP contribution is -2.19. The maximum atomic E-state index is 5.68. The Morgan fingerprint density at radius 2 is 2.06 bits per heavy atom. The molecular formula is C13H18N2O. The molecule has 0 aliphatic rings. The first kappa shape index (κ1) is 11.1. The third kappa shape index (κ3) is 2.61. The van der Waals surface area contributed by atoms with Crippen LogP contribution in [0.15, 0.2) is 18.2 Å². The molecule has 1 aromatic carbocycles. The van der Waals surface area contributed by atoms with Gasteiger partial charge in [-0.2, -0.15) is 0 Å². The van der Waals surface area contributed by atoms with Gasteiger partial charge in [0.2, 0.25) is 0 Å².